The van der Waals surface area contributed by atoms with Crippen LogP contribution in [0.4, 0.5) is 0 Å². The van der Waals surface area contributed by atoms with E-state index in [1.807, 2.05) is 12.1 Å². The molecule has 1 aliphatic heterocycles. The van der Waals surface area contributed by atoms with Crippen molar-refractivity contribution in [3.05, 3.63) is 34.9 Å². The number of carbonyl (C=O) groups is 1. The van der Waals surface area contributed by atoms with Crippen LogP contribution >= 0.6 is 0 Å². The highest BCUT2D eigenvalue weighted by Gasteiger charge is 2.37. The molecule has 1 aromatic rings. The molecule has 0 N–H and O–H groups in total. The lowest BCUT2D eigenvalue weighted by Crippen LogP contribution is -2.34. The van der Waals surface area contributed by atoms with Crippen molar-refractivity contribution >= 4 is 5.78 Å². The molecule has 0 bridgehead atoms. The fraction of sp³-hybridized carbons (Fsp3) is 0.500. The molecule has 1 aliphatic carbocycles. The maximum atomic E-state index is 11.9. The zero-order valence-electron chi connectivity index (χ0n) is 9.70. The van der Waals surface area contributed by atoms with E-state index in [9.17, 15) is 4.79 Å². The van der Waals surface area contributed by atoms with Crippen molar-refractivity contribution in [1.82, 2.24) is 4.90 Å². The predicted molar refractivity (Wildman–Crippen MR) is 63.7 cm³/mol. The molecular weight excluding hydrogens is 198 g/mol. The Bertz CT molecular complexity index is 438. The Balaban J connectivity index is 2.06. The van der Waals surface area contributed by atoms with Gasteiger partial charge in [-0.2, -0.15) is 0 Å². The first-order valence-corrected chi connectivity index (χ1v) is 6.20. The monoisotopic (exact) mass is 215 g/mol. The molecule has 0 saturated heterocycles. The fourth-order valence-corrected chi connectivity index (χ4v) is 3.14. The highest BCUT2D eigenvalue weighted by molar-refractivity contribution is 6.01. The zero-order chi connectivity index (χ0) is 11.1. The van der Waals surface area contributed by atoms with Crippen LogP contribution in [-0.2, 0) is 6.42 Å². The van der Waals surface area contributed by atoms with Crippen LogP contribution in [-0.4, -0.2) is 23.8 Å². The minimum atomic E-state index is 0.338. The Hall–Kier alpha value is -1.15. The van der Waals surface area contributed by atoms with Gasteiger partial charge in [-0.3, -0.25) is 9.69 Å². The molecular formula is C14H17NO. The second-order valence-electron chi connectivity index (χ2n) is 4.81. The van der Waals surface area contributed by atoms with Gasteiger partial charge in [-0.05, 0) is 30.5 Å². The Labute approximate surface area is 96.3 Å². The first-order valence-electron chi connectivity index (χ1n) is 6.20. The molecule has 0 fully saturated rings. The Kier molecular flexibility index (Phi) is 2.32. The molecule has 1 atom stereocenters. The molecule has 0 aromatic heterocycles. The molecule has 84 valence electrons. The van der Waals surface area contributed by atoms with Crippen molar-refractivity contribution in [1.29, 1.82) is 0 Å². The number of ketones is 1. The summed E-state index contributed by atoms with van der Waals surface area (Å²) in [7, 11) is 0. The van der Waals surface area contributed by atoms with Gasteiger partial charge in [0.1, 0.15) is 0 Å². The van der Waals surface area contributed by atoms with Crippen molar-refractivity contribution in [2.45, 2.75) is 32.2 Å². The molecule has 2 aliphatic rings. The van der Waals surface area contributed by atoms with E-state index in [2.05, 4.69) is 17.9 Å². The summed E-state index contributed by atoms with van der Waals surface area (Å²) in [6, 6.07) is 6.60. The van der Waals surface area contributed by atoms with E-state index < -0.39 is 0 Å². The molecule has 3 rings (SSSR count). The lowest BCUT2D eigenvalue weighted by Gasteiger charge is -2.34. The van der Waals surface area contributed by atoms with Crippen LogP contribution in [0.2, 0.25) is 0 Å². The first kappa shape index (κ1) is 10.0. The Morgan fingerprint density at radius 1 is 1.44 bits per heavy atom. The highest BCUT2D eigenvalue weighted by Crippen LogP contribution is 2.40. The van der Waals surface area contributed by atoms with Gasteiger partial charge in [-0.1, -0.05) is 25.1 Å². The van der Waals surface area contributed by atoms with Crippen LogP contribution < -0.4 is 0 Å². The number of Topliss-reactive ketones (excluding diaryl/α,β-unsaturated/α-hetero) is 1. The van der Waals surface area contributed by atoms with Crippen LogP contribution in [0.25, 0.3) is 0 Å². The largest absolute Gasteiger partial charge is 0.296 e. The topological polar surface area (TPSA) is 20.3 Å². The van der Waals surface area contributed by atoms with E-state index in [0.717, 1.165) is 25.1 Å². The number of hydrogen-bond acceptors (Lipinski definition) is 2. The van der Waals surface area contributed by atoms with Crippen molar-refractivity contribution in [3.8, 4) is 0 Å². The smallest absolute Gasteiger partial charge is 0.165 e. The molecule has 0 saturated carbocycles. The van der Waals surface area contributed by atoms with E-state index in [4.69, 9.17) is 0 Å². The van der Waals surface area contributed by atoms with Gasteiger partial charge in [-0.25, -0.2) is 0 Å². The summed E-state index contributed by atoms with van der Waals surface area (Å²) >= 11 is 0. The summed E-state index contributed by atoms with van der Waals surface area (Å²) in [5, 5.41) is 0. The Morgan fingerprint density at radius 3 is 3.12 bits per heavy atom. The average Bonchev–Trinajstić information content (AvgIpc) is 2.63. The number of rotatable bonds is 2. The van der Waals surface area contributed by atoms with Gasteiger partial charge in [0.15, 0.2) is 5.78 Å². The second kappa shape index (κ2) is 3.70. The van der Waals surface area contributed by atoms with E-state index >= 15 is 0 Å². The van der Waals surface area contributed by atoms with E-state index in [-0.39, 0.29) is 0 Å². The third-order valence-electron chi connectivity index (χ3n) is 3.83. The van der Waals surface area contributed by atoms with Gasteiger partial charge in [0.2, 0.25) is 0 Å². The summed E-state index contributed by atoms with van der Waals surface area (Å²) < 4.78 is 0. The summed E-state index contributed by atoms with van der Waals surface area (Å²) in [5.41, 5.74) is 3.73. The van der Waals surface area contributed by atoms with Crippen LogP contribution in [0.1, 0.15) is 47.3 Å². The third-order valence-corrected chi connectivity index (χ3v) is 3.83. The second-order valence-corrected chi connectivity index (χ2v) is 4.81. The molecule has 16 heavy (non-hydrogen) atoms. The molecule has 0 amide bonds. The number of benzene rings is 1. The van der Waals surface area contributed by atoms with Crippen LogP contribution in [0.5, 0.6) is 0 Å². The molecule has 0 radical (unpaired) electrons. The normalized spacial score (nSPS) is 23.6. The molecule has 2 heteroatoms. The first-order chi connectivity index (χ1) is 7.81. The lowest BCUT2D eigenvalue weighted by atomic mass is 9.93. The van der Waals surface area contributed by atoms with Crippen molar-refractivity contribution < 1.29 is 4.79 Å². The quantitative estimate of drug-likeness (QED) is 0.755. The molecule has 1 unspecified atom stereocenters. The maximum absolute atomic E-state index is 11.9. The van der Waals surface area contributed by atoms with Gasteiger partial charge in [0.05, 0.1) is 0 Å². The number of hydrogen-bond donors (Lipinski definition) is 0. The lowest BCUT2D eigenvalue weighted by molar-refractivity contribution is 0.0949. The third kappa shape index (κ3) is 1.33. The van der Waals surface area contributed by atoms with Crippen molar-refractivity contribution in [2.75, 3.05) is 13.1 Å². The van der Waals surface area contributed by atoms with Gasteiger partial charge in [0.25, 0.3) is 0 Å². The van der Waals surface area contributed by atoms with E-state index in [0.29, 0.717) is 18.2 Å². The molecule has 2 nitrogen and oxygen atoms in total. The number of carbonyl (C=O) groups excluding carboxylic acids is 1. The Morgan fingerprint density at radius 2 is 2.31 bits per heavy atom. The molecule has 1 heterocycles. The van der Waals surface area contributed by atoms with Gasteiger partial charge in [-0.15, -0.1) is 0 Å². The minimum Gasteiger partial charge on any atom is -0.296 e. The average molecular weight is 215 g/mol. The van der Waals surface area contributed by atoms with Gasteiger partial charge < -0.3 is 0 Å². The van der Waals surface area contributed by atoms with E-state index in [1.54, 1.807) is 0 Å². The highest BCUT2D eigenvalue weighted by atomic mass is 16.1. The van der Waals surface area contributed by atoms with Crippen LogP contribution in [0.15, 0.2) is 18.2 Å². The fourth-order valence-electron chi connectivity index (χ4n) is 3.14. The SMILES string of the molecule is CCCN1CCc2cccc3c2C1CC3=O. The zero-order valence-corrected chi connectivity index (χ0v) is 9.70. The summed E-state index contributed by atoms with van der Waals surface area (Å²) in [4.78, 5) is 14.4. The van der Waals surface area contributed by atoms with Crippen molar-refractivity contribution in [2.24, 2.45) is 0 Å². The standard InChI is InChI=1S/C14H17NO/c1-2-7-15-8-6-10-4-3-5-11-13(16)9-12(15)14(10)11/h3-5,12H,2,6-9H2,1H3. The minimum absolute atomic E-state index is 0.338. The van der Waals surface area contributed by atoms with Crippen LogP contribution in [0, 0.1) is 0 Å². The van der Waals surface area contributed by atoms with Gasteiger partial charge >= 0.3 is 0 Å². The number of nitrogens with zero attached hydrogens (tertiary/aromatic N) is 1. The summed E-state index contributed by atoms with van der Waals surface area (Å²) in [5.74, 6) is 0.338. The van der Waals surface area contributed by atoms with Crippen LogP contribution in [0.3, 0.4) is 0 Å². The molecule has 0 spiro atoms. The summed E-state index contributed by atoms with van der Waals surface area (Å²) in [6.07, 6.45) is 2.97. The molecule has 1 aromatic carbocycles. The summed E-state index contributed by atoms with van der Waals surface area (Å²) in [6.45, 7) is 4.44. The van der Waals surface area contributed by atoms with E-state index in [1.165, 1.54) is 17.5 Å². The predicted octanol–water partition coefficient (Wildman–Crippen LogP) is 2.58. The maximum Gasteiger partial charge on any atom is 0.165 e. The van der Waals surface area contributed by atoms with Gasteiger partial charge in [0, 0.05) is 24.6 Å². The van der Waals surface area contributed by atoms with Crippen molar-refractivity contribution in [3.63, 3.8) is 0 Å².